The monoisotopic (exact) mass is 379 g/mol. The zero-order valence-electron chi connectivity index (χ0n) is 16.4. The van der Waals surface area contributed by atoms with Crippen LogP contribution in [0.1, 0.15) is 36.2 Å². The minimum Gasteiger partial charge on any atom is -0.340 e. The van der Waals surface area contributed by atoms with E-state index in [-0.39, 0.29) is 30.4 Å². The second-order valence-corrected chi connectivity index (χ2v) is 7.51. The van der Waals surface area contributed by atoms with Crippen LogP contribution in [0, 0.1) is 0 Å². The van der Waals surface area contributed by atoms with Gasteiger partial charge in [0.2, 0.25) is 12.3 Å². The van der Waals surface area contributed by atoms with Crippen molar-refractivity contribution in [3.8, 4) is 0 Å². The number of para-hydroxylation sites is 1. The molecule has 6 nitrogen and oxygen atoms in total. The largest absolute Gasteiger partial charge is 0.340 e. The van der Waals surface area contributed by atoms with Gasteiger partial charge in [0.05, 0.1) is 23.8 Å². The van der Waals surface area contributed by atoms with Crippen molar-refractivity contribution in [1.82, 2.24) is 10.0 Å². The zero-order chi connectivity index (χ0) is 19.8. The fourth-order valence-corrected chi connectivity index (χ4v) is 4.13. The minimum absolute atomic E-state index is 0.0166. The van der Waals surface area contributed by atoms with E-state index in [1.54, 1.807) is 23.0 Å². The van der Waals surface area contributed by atoms with Crippen LogP contribution in [0.5, 0.6) is 0 Å². The maximum atomic E-state index is 13.5. The lowest BCUT2D eigenvalue weighted by Gasteiger charge is -2.48. The first-order valence-corrected chi connectivity index (χ1v) is 9.64. The number of fused-ring (bicyclic) bond motifs is 2. The molecular formula is C22H25N3O3. The summed E-state index contributed by atoms with van der Waals surface area (Å²) in [4.78, 5) is 28.2. The van der Waals surface area contributed by atoms with Crippen molar-refractivity contribution in [1.29, 1.82) is 0 Å². The molecule has 0 radical (unpaired) electrons. The van der Waals surface area contributed by atoms with Gasteiger partial charge in [-0.05, 0) is 38.0 Å². The summed E-state index contributed by atoms with van der Waals surface area (Å²) in [7, 11) is 1.74. The molecule has 0 N–H and O–H groups in total. The number of rotatable bonds is 2. The fraction of sp³-hybridized carbons (Fsp3) is 0.364. The van der Waals surface area contributed by atoms with E-state index in [4.69, 9.17) is 4.74 Å². The van der Waals surface area contributed by atoms with Crippen LogP contribution >= 0.6 is 0 Å². The highest BCUT2D eigenvalue weighted by molar-refractivity contribution is 6.06. The first-order chi connectivity index (χ1) is 13.5. The average Bonchev–Trinajstić information content (AvgIpc) is 2.76. The molecule has 0 unspecified atom stereocenters. The smallest absolute Gasteiger partial charge is 0.270 e. The van der Waals surface area contributed by atoms with Crippen molar-refractivity contribution >= 4 is 17.5 Å². The highest BCUT2D eigenvalue weighted by Gasteiger charge is 2.45. The number of hydrogen-bond acceptors (Lipinski definition) is 4. The van der Waals surface area contributed by atoms with Crippen molar-refractivity contribution in [2.45, 2.75) is 45.2 Å². The maximum Gasteiger partial charge on any atom is 0.270 e. The van der Waals surface area contributed by atoms with Gasteiger partial charge in [0, 0.05) is 13.1 Å². The van der Waals surface area contributed by atoms with E-state index in [0.717, 1.165) is 12.0 Å². The van der Waals surface area contributed by atoms with Gasteiger partial charge in [0.1, 0.15) is 0 Å². The summed E-state index contributed by atoms with van der Waals surface area (Å²) in [5.41, 5.74) is 2.02. The van der Waals surface area contributed by atoms with Crippen LogP contribution < -0.4 is 4.90 Å². The third kappa shape index (κ3) is 3.19. The Hall–Kier alpha value is -2.70. The molecule has 2 aromatic carbocycles. The SMILES string of the molecule is C[C@@H]1C[C@H](C)O[C@@H]2N(C(=O)Cc3ccccc3)c3ccccc3C(=O)N(C)N12. The molecule has 1 fully saturated rings. The Balaban J connectivity index is 1.81. The summed E-state index contributed by atoms with van der Waals surface area (Å²) in [5.74, 6) is -0.237. The van der Waals surface area contributed by atoms with E-state index in [1.807, 2.05) is 60.5 Å². The van der Waals surface area contributed by atoms with Crippen molar-refractivity contribution < 1.29 is 14.3 Å². The number of anilines is 1. The molecular weight excluding hydrogens is 354 g/mol. The summed E-state index contributed by atoms with van der Waals surface area (Å²) in [5, 5.41) is 3.47. The molecule has 0 aliphatic carbocycles. The lowest BCUT2D eigenvalue weighted by Crippen LogP contribution is -2.64. The van der Waals surface area contributed by atoms with Crippen LogP contribution in [-0.2, 0) is 16.0 Å². The van der Waals surface area contributed by atoms with Crippen LogP contribution in [0.2, 0.25) is 0 Å². The van der Waals surface area contributed by atoms with Gasteiger partial charge in [-0.15, -0.1) is 0 Å². The zero-order valence-corrected chi connectivity index (χ0v) is 16.4. The first kappa shape index (κ1) is 18.7. The quantitative estimate of drug-likeness (QED) is 0.805. The summed E-state index contributed by atoms with van der Waals surface area (Å²) in [6, 6.07) is 17.0. The lowest BCUT2D eigenvalue weighted by atomic mass is 10.1. The van der Waals surface area contributed by atoms with Gasteiger partial charge in [-0.2, -0.15) is 5.01 Å². The average molecular weight is 379 g/mol. The van der Waals surface area contributed by atoms with Crippen molar-refractivity contribution in [2.75, 3.05) is 11.9 Å². The Labute approximate surface area is 165 Å². The molecule has 2 aromatic rings. The Morgan fingerprint density at radius 3 is 2.50 bits per heavy atom. The molecule has 0 aromatic heterocycles. The predicted molar refractivity (Wildman–Crippen MR) is 106 cm³/mol. The van der Waals surface area contributed by atoms with Crippen molar-refractivity contribution in [3.05, 3.63) is 65.7 Å². The Morgan fingerprint density at radius 2 is 1.75 bits per heavy atom. The second kappa shape index (κ2) is 7.37. The molecule has 146 valence electrons. The normalized spacial score (nSPS) is 25.1. The maximum absolute atomic E-state index is 13.5. The number of nitrogens with zero attached hydrogens (tertiary/aromatic N) is 3. The first-order valence-electron chi connectivity index (χ1n) is 9.64. The molecule has 2 aliphatic rings. The summed E-state index contributed by atoms with van der Waals surface area (Å²) < 4.78 is 6.22. The van der Waals surface area contributed by atoms with Gasteiger partial charge in [-0.1, -0.05) is 42.5 Å². The molecule has 0 saturated carbocycles. The third-order valence-electron chi connectivity index (χ3n) is 5.43. The number of amides is 2. The van der Waals surface area contributed by atoms with Gasteiger partial charge in [0.25, 0.3) is 5.91 Å². The summed E-state index contributed by atoms with van der Waals surface area (Å²) in [6.07, 6.45) is 0.346. The van der Waals surface area contributed by atoms with E-state index in [2.05, 4.69) is 6.92 Å². The number of ether oxygens (including phenoxy) is 1. The fourth-order valence-electron chi connectivity index (χ4n) is 4.13. The standard InChI is InChI=1S/C22H25N3O3/c1-15-13-16(2)28-22-24(20(26)14-17-9-5-4-6-10-17)19-12-8-7-11-18(19)21(27)23(3)25(15)22/h4-12,15-16,22H,13-14H2,1-3H3/t15-,16+,22-/m1/s1. The van der Waals surface area contributed by atoms with Gasteiger partial charge in [0.15, 0.2) is 0 Å². The molecule has 2 aliphatic heterocycles. The van der Waals surface area contributed by atoms with E-state index in [9.17, 15) is 9.59 Å². The topological polar surface area (TPSA) is 53.1 Å². The van der Waals surface area contributed by atoms with E-state index in [0.29, 0.717) is 11.3 Å². The van der Waals surface area contributed by atoms with E-state index >= 15 is 0 Å². The highest BCUT2D eigenvalue weighted by Crippen LogP contribution is 2.35. The summed E-state index contributed by atoms with van der Waals surface area (Å²) >= 11 is 0. The molecule has 0 spiro atoms. The number of benzene rings is 2. The van der Waals surface area contributed by atoms with E-state index < -0.39 is 6.35 Å². The van der Waals surface area contributed by atoms with E-state index in [1.165, 1.54) is 0 Å². The molecule has 2 amide bonds. The molecule has 0 bridgehead atoms. The number of carbonyl (C=O) groups excluding carboxylic acids is 2. The molecule has 4 rings (SSSR count). The highest BCUT2D eigenvalue weighted by atomic mass is 16.5. The van der Waals surface area contributed by atoms with Gasteiger partial charge < -0.3 is 4.74 Å². The Kier molecular flexibility index (Phi) is 4.91. The number of hydrazine groups is 1. The van der Waals surface area contributed by atoms with Crippen LogP contribution in [-0.4, -0.2) is 47.4 Å². The van der Waals surface area contributed by atoms with Gasteiger partial charge in [-0.25, -0.2) is 0 Å². The number of carbonyl (C=O) groups is 2. The molecule has 28 heavy (non-hydrogen) atoms. The Bertz CT molecular complexity index is 886. The van der Waals surface area contributed by atoms with Crippen LogP contribution in [0.3, 0.4) is 0 Å². The predicted octanol–water partition coefficient (Wildman–Crippen LogP) is 3.05. The van der Waals surface area contributed by atoms with Crippen LogP contribution in [0.4, 0.5) is 5.69 Å². The summed E-state index contributed by atoms with van der Waals surface area (Å²) in [6.45, 7) is 4.07. The van der Waals surface area contributed by atoms with Crippen molar-refractivity contribution in [2.24, 2.45) is 0 Å². The van der Waals surface area contributed by atoms with Crippen molar-refractivity contribution in [3.63, 3.8) is 0 Å². The van der Waals surface area contributed by atoms with Gasteiger partial charge >= 0.3 is 0 Å². The van der Waals surface area contributed by atoms with Gasteiger partial charge in [-0.3, -0.25) is 19.5 Å². The third-order valence-corrected chi connectivity index (χ3v) is 5.43. The Morgan fingerprint density at radius 1 is 1.07 bits per heavy atom. The molecule has 3 atom stereocenters. The molecule has 1 saturated heterocycles. The number of hydrogen-bond donors (Lipinski definition) is 0. The molecule has 2 heterocycles. The van der Waals surface area contributed by atoms with Crippen LogP contribution in [0.15, 0.2) is 54.6 Å². The van der Waals surface area contributed by atoms with Crippen LogP contribution in [0.25, 0.3) is 0 Å². The molecule has 6 heteroatoms. The minimum atomic E-state index is -0.660. The lowest BCUT2D eigenvalue weighted by molar-refractivity contribution is -0.214. The second-order valence-electron chi connectivity index (χ2n) is 7.51.